The number of aryl methyl sites for hydroxylation is 1. The van der Waals surface area contributed by atoms with Gasteiger partial charge in [0.15, 0.2) is 6.10 Å². The molecular weight excluding hydrogens is 288 g/mol. The van der Waals surface area contributed by atoms with Crippen molar-refractivity contribution in [3.8, 4) is 0 Å². The number of hydrogen-bond donors (Lipinski definition) is 1. The van der Waals surface area contributed by atoms with Gasteiger partial charge in [-0.25, -0.2) is 4.98 Å². The normalized spacial score (nSPS) is 23.8. The van der Waals surface area contributed by atoms with Gasteiger partial charge in [-0.3, -0.25) is 14.4 Å². The van der Waals surface area contributed by atoms with Gasteiger partial charge in [0.25, 0.3) is 17.4 Å². The third kappa shape index (κ3) is 1.61. The molecule has 2 aliphatic heterocycles. The maximum Gasteiger partial charge on any atom is 0.283 e. The number of benzene rings is 1. The second kappa shape index (κ2) is 4.14. The molecule has 2 atom stereocenters. The summed E-state index contributed by atoms with van der Waals surface area (Å²) in [7, 11) is 0. The standard InChI is InChI=1S/C14H12N4O4/c1-6-16-8-4-2-3-7(15)11(8)13(20)17(6)18-10(19)5-9-12(22-9)14(18)21/h2-4,9,12H,5,15H2,1H3. The number of aromatic nitrogens is 2. The minimum atomic E-state index is -0.646. The number of hydrogen-bond acceptors (Lipinski definition) is 6. The van der Waals surface area contributed by atoms with E-state index >= 15 is 0 Å². The summed E-state index contributed by atoms with van der Waals surface area (Å²) in [4.78, 5) is 41.5. The minimum Gasteiger partial charge on any atom is -0.398 e. The lowest BCUT2D eigenvalue weighted by Crippen LogP contribution is -2.56. The van der Waals surface area contributed by atoms with Gasteiger partial charge in [0.05, 0.1) is 17.3 Å². The SMILES string of the molecule is Cc1nc2cccc(N)c2c(=O)n1N1C(=O)CC2OC2C1=O. The number of piperidine rings is 1. The van der Waals surface area contributed by atoms with Crippen molar-refractivity contribution >= 4 is 28.4 Å². The molecule has 1 aromatic heterocycles. The first kappa shape index (κ1) is 13.0. The average Bonchev–Trinajstić information content (AvgIpc) is 3.21. The molecule has 1 aromatic carbocycles. The second-order valence-electron chi connectivity index (χ2n) is 5.36. The number of ether oxygens (including phenoxy) is 1. The van der Waals surface area contributed by atoms with Crippen LogP contribution in [0.15, 0.2) is 23.0 Å². The van der Waals surface area contributed by atoms with Crippen molar-refractivity contribution in [1.29, 1.82) is 0 Å². The van der Waals surface area contributed by atoms with E-state index < -0.39 is 23.5 Å². The fourth-order valence-electron chi connectivity index (χ4n) is 2.82. The highest BCUT2D eigenvalue weighted by Gasteiger charge is 2.55. The molecule has 8 nitrogen and oxygen atoms in total. The first-order valence-electron chi connectivity index (χ1n) is 6.79. The van der Waals surface area contributed by atoms with Crippen LogP contribution in [0.25, 0.3) is 10.9 Å². The Morgan fingerprint density at radius 3 is 2.86 bits per heavy atom. The fourth-order valence-corrected chi connectivity index (χ4v) is 2.82. The number of nitrogen functional groups attached to an aromatic ring is 1. The zero-order valence-corrected chi connectivity index (χ0v) is 11.6. The topological polar surface area (TPSA) is 111 Å². The van der Waals surface area contributed by atoms with Crippen LogP contribution in [-0.2, 0) is 14.3 Å². The Balaban J connectivity index is 1.99. The highest BCUT2D eigenvalue weighted by atomic mass is 16.6. The van der Waals surface area contributed by atoms with E-state index in [-0.39, 0.29) is 29.4 Å². The van der Waals surface area contributed by atoms with Crippen molar-refractivity contribution in [2.24, 2.45) is 0 Å². The lowest BCUT2D eigenvalue weighted by Gasteiger charge is -2.25. The Labute approximate surface area is 124 Å². The van der Waals surface area contributed by atoms with Gasteiger partial charge >= 0.3 is 0 Å². The van der Waals surface area contributed by atoms with E-state index in [2.05, 4.69) is 4.98 Å². The molecule has 2 aliphatic rings. The van der Waals surface area contributed by atoms with E-state index in [9.17, 15) is 14.4 Å². The van der Waals surface area contributed by atoms with Gasteiger partial charge in [0, 0.05) is 5.69 Å². The highest BCUT2D eigenvalue weighted by molar-refractivity contribution is 6.14. The van der Waals surface area contributed by atoms with Gasteiger partial charge in [-0.1, -0.05) is 6.07 Å². The Morgan fingerprint density at radius 1 is 1.32 bits per heavy atom. The third-order valence-electron chi connectivity index (χ3n) is 3.92. The van der Waals surface area contributed by atoms with Crippen LogP contribution in [0, 0.1) is 6.92 Å². The van der Waals surface area contributed by atoms with Crippen molar-refractivity contribution in [3.63, 3.8) is 0 Å². The summed E-state index contributed by atoms with van der Waals surface area (Å²) in [6.45, 7) is 1.56. The quantitative estimate of drug-likeness (QED) is 0.430. The summed E-state index contributed by atoms with van der Waals surface area (Å²) in [6.07, 6.45) is -0.927. The third-order valence-corrected chi connectivity index (χ3v) is 3.92. The number of epoxide rings is 1. The Kier molecular flexibility index (Phi) is 2.44. The van der Waals surface area contributed by atoms with E-state index in [1.54, 1.807) is 25.1 Å². The molecule has 22 heavy (non-hydrogen) atoms. The minimum absolute atomic E-state index is 0.0740. The van der Waals surface area contributed by atoms with Crippen LogP contribution in [0.1, 0.15) is 12.2 Å². The Morgan fingerprint density at radius 2 is 2.09 bits per heavy atom. The zero-order valence-electron chi connectivity index (χ0n) is 11.6. The lowest BCUT2D eigenvalue weighted by atomic mass is 10.1. The van der Waals surface area contributed by atoms with Crippen molar-refractivity contribution in [2.45, 2.75) is 25.6 Å². The van der Waals surface area contributed by atoms with E-state index in [1.165, 1.54) is 0 Å². The molecule has 0 radical (unpaired) electrons. The van der Waals surface area contributed by atoms with E-state index in [0.29, 0.717) is 5.52 Å². The summed E-state index contributed by atoms with van der Waals surface area (Å²) in [5.41, 5.74) is 5.98. The number of fused-ring (bicyclic) bond motifs is 2. The van der Waals surface area contributed by atoms with Crippen LogP contribution >= 0.6 is 0 Å². The summed E-state index contributed by atoms with van der Waals surface area (Å²) < 4.78 is 6.12. The van der Waals surface area contributed by atoms with Crippen LogP contribution < -0.4 is 16.3 Å². The zero-order chi connectivity index (χ0) is 15.6. The summed E-state index contributed by atoms with van der Waals surface area (Å²) in [5, 5.41) is 1.01. The van der Waals surface area contributed by atoms with Gasteiger partial charge in [-0.15, -0.1) is 0 Å². The first-order valence-corrected chi connectivity index (χ1v) is 6.79. The van der Waals surface area contributed by atoms with Crippen molar-refractivity contribution in [1.82, 2.24) is 9.66 Å². The van der Waals surface area contributed by atoms with Crippen molar-refractivity contribution in [3.05, 3.63) is 34.4 Å². The number of carbonyl (C=O) groups is 2. The number of amides is 2. The first-order chi connectivity index (χ1) is 10.5. The maximum atomic E-state index is 12.7. The number of anilines is 1. The van der Waals surface area contributed by atoms with Crippen molar-refractivity contribution < 1.29 is 14.3 Å². The molecule has 112 valence electrons. The number of nitrogens with zero attached hydrogens (tertiary/aromatic N) is 3. The molecular formula is C14H12N4O4. The molecule has 2 saturated heterocycles. The molecule has 4 rings (SSSR count). The van der Waals surface area contributed by atoms with Crippen LogP contribution in [0.3, 0.4) is 0 Å². The second-order valence-corrected chi connectivity index (χ2v) is 5.36. The molecule has 2 aromatic rings. The summed E-state index contributed by atoms with van der Waals surface area (Å²) >= 11 is 0. The lowest BCUT2D eigenvalue weighted by molar-refractivity contribution is -0.130. The monoisotopic (exact) mass is 300 g/mol. The summed E-state index contributed by atoms with van der Waals surface area (Å²) in [5.74, 6) is -0.782. The van der Waals surface area contributed by atoms with E-state index in [0.717, 1.165) is 9.69 Å². The van der Waals surface area contributed by atoms with Gasteiger partial charge < -0.3 is 10.5 Å². The van der Waals surface area contributed by atoms with E-state index in [4.69, 9.17) is 10.5 Å². The number of nitrogens with two attached hydrogens (primary N) is 1. The molecule has 2 unspecified atom stereocenters. The number of carbonyl (C=O) groups excluding carboxylic acids is 2. The summed E-state index contributed by atoms with van der Waals surface area (Å²) in [6, 6.07) is 4.92. The largest absolute Gasteiger partial charge is 0.398 e. The number of rotatable bonds is 1. The van der Waals surface area contributed by atoms with Crippen molar-refractivity contribution in [2.75, 3.05) is 10.7 Å². The molecule has 0 bridgehead atoms. The average molecular weight is 300 g/mol. The molecule has 2 N–H and O–H groups in total. The van der Waals surface area contributed by atoms with Crippen LogP contribution in [0.2, 0.25) is 0 Å². The molecule has 0 aliphatic carbocycles. The molecule has 0 spiro atoms. The van der Waals surface area contributed by atoms with Gasteiger partial charge in [0.2, 0.25) is 0 Å². The maximum absolute atomic E-state index is 12.7. The molecule has 2 fully saturated rings. The number of imide groups is 1. The Hall–Kier alpha value is -2.74. The van der Waals surface area contributed by atoms with Crippen LogP contribution in [-0.4, -0.2) is 33.7 Å². The van der Waals surface area contributed by atoms with Gasteiger partial charge in [0.1, 0.15) is 11.9 Å². The predicted molar refractivity (Wildman–Crippen MR) is 76.7 cm³/mol. The highest BCUT2D eigenvalue weighted by Crippen LogP contribution is 2.32. The smallest absolute Gasteiger partial charge is 0.283 e. The molecule has 3 heterocycles. The molecule has 0 saturated carbocycles. The molecule has 8 heteroatoms. The van der Waals surface area contributed by atoms with Crippen LogP contribution in [0.4, 0.5) is 5.69 Å². The van der Waals surface area contributed by atoms with Gasteiger partial charge in [-0.05, 0) is 19.1 Å². The predicted octanol–water partition coefficient (Wildman–Crippen LogP) is -0.551. The van der Waals surface area contributed by atoms with Crippen LogP contribution in [0.5, 0.6) is 0 Å². The van der Waals surface area contributed by atoms with Gasteiger partial charge in [-0.2, -0.15) is 9.69 Å². The van der Waals surface area contributed by atoms with E-state index in [1.807, 2.05) is 0 Å². The Bertz CT molecular complexity index is 904. The molecule has 2 amide bonds. The fraction of sp³-hybridized carbons (Fsp3) is 0.286.